The average molecular weight is 473 g/mol. The second-order valence-electron chi connectivity index (χ2n) is 8.73. The summed E-state index contributed by atoms with van der Waals surface area (Å²) in [6, 6.07) is 9.47. The fraction of sp³-hybridized carbons (Fsp3) is 0.417. The van der Waals surface area contributed by atoms with Gasteiger partial charge in [0.25, 0.3) is 11.8 Å². The van der Waals surface area contributed by atoms with Crippen molar-refractivity contribution in [1.82, 2.24) is 10.3 Å². The lowest BCUT2D eigenvalue weighted by Gasteiger charge is -2.33. The Labute approximate surface area is 195 Å². The van der Waals surface area contributed by atoms with Gasteiger partial charge in [-0.15, -0.1) is 11.3 Å². The maximum absolute atomic E-state index is 13.7. The molecule has 0 saturated carbocycles. The molecule has 1 atom stereocenters. The Balaban J connectivity index is 1.50. The van der Waals surface area contributed by atoms with Gasteiger partial charge in [-0.1, -0.05) is 18.2 Å². The molecule has 0 unspecified atom stereocenters. The summed E-state index contributed by atoms with van der Waals surface area (Å²) in [6.45, 7) is 1.10. The van der Waals surface area contributed by atoms with Gasteiger partial charge in [-0.05, 0) is 12.1 Å². The molecule has 1 saturated heterocycles. The zero-order valence-electron chi connectivity index (χ0n) is 18.6. The van der Waals surface area contributed by atoms with Crippen molar-refractivity contribution in [3.63, 3.8) is 0 Å². The maximum Gasteiger partial charge on any atom is 0.264 e. The van der Waals surface area contributed by atoms with Crippen LogP contribution < -0.4 is 19.9 Å². The first-order chi connectivity index (χ1) is 15.8. The summed E-state index contributed by atoms with van der Waals surface area (Å²) in [5.74, 6) is -1.98. The minimum atomic E-state index is -2.61. The van der Waals surface area contributed by atoms with Crippen LogP contribution in [0.15, 0.2) is 36.5 Å². The van der Waals surface area contributed by atoms with Crippen LogP contribution >= 0.6 is 11.3 Å². The number of pyridine rings is 1. The van der Waals surface area contributed by atoms with Gasteiger partial charge in [-0.25, -0.2) is 8.78 Å². The van der Waals surface area contributed by atoms with E-state index in [0.717, 1.165) is 32.9 Å². The van der Waals surface area contributed by atoms with E-state index in [9.17, 15) is 13.6 Å². The number of piperidine rings is 1. The molecule has 0 bridgehead atoms. The minimum Gasteiger partial charge on any atom is -0.493 e. The lowest BCUT2D eigenvalue weighted by Crippen LogP contribution is -2.39. The summed E-state index contributed by atoms with van der Waals surface area (Å²) in [4.78, 5) is 22.5. The number of nitrogens with zero attached hydrogens (tertiary/aromatic N) is 3. The number of aromatic nitrogens is 1. The highest BCUT2D eigenvalue weighted by molar-refractivity contribution is 7.22. The molecule has 2 aromatic heterocycles. The van der Waals surface area contributed by atoms with Crippen molar-refractivity contribution in [3.05, 3.63) is 47.0 Å². The Morgan fingerprint density at radius 2 is 2.00 bits per heavy atom. The number of benzene rings is 1. The molecule has 174 valence electrons. The van der Waals surface area contributed by atoms with Gasteiger partial charge in [0.05, 0.1) is 28.7 Å². The van der Waals surface area contributed by atoms with E-state index in [1.807, 2.05) is 54.2 Å². The number of thiophene rings is 1. The second kappa shape index (κ2) is 8.44. The number of rotatable bonds is 4. The number of carbonyl (C=O) groups excluding carboxylic acids is 1. The Morgan fingerprint density at radius 3 is 2.76 bits per heavy atom. The molecule has 1 N–H and O–H groups in total. The number of nitrogens with one attached hydrogen (secondary N) is 1. The highest BCUT2D eigenvalue weighted by atomic mass is 32.1. The van der Waals surface area contributed by atoms with Crippen molar-refractivity contribution >= 4 is 38.8 Å². The molecule has 9 heteroatoms. The first-order valence-electron chi connectivity index (χ1n) is 11.1. The molecule has 5 rings (SSSR count). The van der Waals surface area contributed by atoms with Crippen molar-refractivity contribution in [3.8, 4) is 5.75 Å². The van der Waals surface area contributed by atoms with Gasteiger partial charge in [0, 0.05) is 58.2 Å². The normalized spacial score (nSPS) is 19.6. The van der Waals surface area contributed by atoms with Crippen LogP contribution in [0.2, 0.25) is 0 Å². The van der Waals surface area contributed by atoms with Gasteiger partial charge in [-0.2, -0.15) is 0 Å². The van der Waals surface area contributed by atoms with Crippen LogP contribution in [0.4, 0.5) is 20.2 Å². The standard InChI is InChI=1S/C24H26F2N4O2S/c1-29(2)20-19-21(17(7-11-27-19)30-12-9-24(25,26)10-13-30)33-22(20)23(31)28-16-8-14-32-18-6-4-3-5-15(16)18/h3-7,11,16H,8-10,12-14H2,1-2H3,(H,28,31)/t16-/m0/s1. The van der Waals surface area contributed by atoms with Crippen LogP contribution in [0, 0.1) is 0 Å². The van der Waals surface area contributed by atoms with Gasteiger partial charge in [-0.3, -0.25) is 9.78 Å². The molecule has 1 aromatic carbocycles. The Morgan fingerprint density at radius 1 is 1.24 bits per heavy atom. The molecule has 1 amide bonds. The molecular formula is C24H26F2N4O2S. The van der Waals surface area contributed by atoms with Crippen LogP contribution in [0.1, 0.15) is 40.5 Å². The van der Waals surface area contributed by atoms with Gasteiger partial charge in [0.1, 0.15) is 16.1 Å². The molecule has 4 heterocycles. The summed E-state index contributed by atoms with van der Waals surface area (Å²) in [6.07, 6.45) is 2.05. The van der Waals surface area contributed by atoms with Crippen molar-refractivity contribution in [1.29, 1.82) is 0 Å². The largest absolute Gasteiger partial charge is 0.493 e. The van der Waals surface area contributed by atoms with E-state index >= 15 is 0 Å². The van der Waals surface area contributed by atoms with E-state index in [4.69, 9.17) is 4.74 Å². The van der Waals surface area contributed by atoms with Crippen molar-refractivity contribution in [2.24, 2.45) is 0 Å². The summed E-state index contributed by atoms with van der Waals surface area (Å²) in [5.41, 5.74) is 3.30. The van der Waals surface area contributed by atoms with Crippen LogP contribution in [0.5, 0.6) is 5.75 Å². The lowest BCUT2D eigenvalue weighted by molar-refractivity contribution is -0.0220. The molecule has 2 aliphatic rings. The van der Waals surface area contributed by atoms with E-state index in [1.165, 1.54) is 11.3 Å². The first-order valence-corrected chi connectivity index (χ1v) is 11.9. The number of carbonyl (C=O) groups is 1. The fourth-order valence-corrected chi connectivity index (χ4v) is 5.85. The number of halogens is 2. The van der Waals surface area contributed by atoms with Crippen LogP contribution in [-0.2, 0) is 0 Å². The molecule has 33 heavy (non-hydrogen) atoms. The summed E-state index contributed by atoms with van der Waals surface area (Å²) >= 11 is 1.37. The van der Waals surface area contributed by atoms with Crippen molar-refractivity contribution < 1.29 is 18.3 Å². The fourth-order valence-electron chi connectivity index (χ4n) is 4.57. The van der Waals surface area contributed by atoms with Gasteiger partial charge < -0.3 is 19.9 Å². The third-order valence-corrected chi connectivity index (χ3v) is 7.47. The van der Waals surface area contributed by atoms with Gasteiger partial charge in [0.15, 0.2) is 0 Å². The number of alkyl halides is 2. The van der Waals surface area contributed by atoms with E-state index < -0.39 is 5.92 Å². The van der Waals surface area contributed by atoms with Crippen LogP contribution in [0.25, 0.3) is 10.2 Å². The van der Waals surface area contributed by atoms with E-state index in [1.54, 1.807) is 6.20 Å². The number of hydrogen-bond donors (Lipinski definition) is 1. The number of para-hydroxylation sites is 1. The monoisotopic (exact) mass is 472 g/mol. The van der Waals surface area contributed by atoms with E-state index in [-0.39, 0.29) is 37.9 Å². The smallest absolute Gasteiger partial charge is 0.264 e. The summed E-state index contributed by atoms with van der Waals surface area (Å²) < 4.78 is 34.0. The SMILES string of the molecule is CN(C)c1c(C(=O)N[C@H]2CCOc3ccccc32)sc2c(N3CCC(F)(F)CC3)ccnc12. The topological polar surface area (TPSA) is 57.7 Å². The van der Waals surface area contributed by atoms with E-state index in [0.29, 0.717) is 17.9 Å². The Kier molecular flexibility index (Phi) is 5.60. The number of fused-ring (bicyclic) bond motifs is 2. The third kappa shape index (κ3) is 4.10. The molecule has 1 fully saturated rings. The predicted molar refractivity (Wildman–Crippen MR) is 127 cm³/mol. The van der Waals surface area contributed by atoms with Crippen molar-refractivity contribution in [2.45, 2.75) is 31.2 Å². The second-order valence-corrected chi connectivity index (χ2v) is 9.75. The Bertz CT molecular complexity index is 1190. The maximum atomic E-state index is 13.7. The molecule has 0 spiro atoms. The molecule has 6 nitrogen and oxygen atoms in total. The number of ether oxygens (including phenoxy) is 1. The molecule has 2 aliphatic heterocycles. The quantitative estimate of drug-likeness (QED) is 0.588. The van der Waals surface area contributed by atoms with Gasteiger partial charge >= 0.3 is 0 Å². The lowest BCUT2D eigenvalue weighted by atomic mass is 10.0. The zero-order chi connectivity index (χ0) is 23.2. The predicted octanol–water partition coefficient (Wildman–Crippen LogP) is 4.85. The summed E-state index contributed by atoms with van der Waals surface area (Å²) in [7, 11) is 3.77. The van der Waals surface area contributed by atoms with Gasteiger partial charge in [0.2, 0.25) is 0 Å². The van der Waals surface area contributed by atoms with Crippen molar-refractivity contribution in [2.75, 3.05) is 43.6 Å². The first kappa shape index (κ1) is 21.9. The number of anilines is 2. The zero-order valence-corrected chi connectivity index (χ0v) is 19.4. The number of hydrogen-bond acceptors (Lipinski definition) is 6. The highest BCUT2D eigenvalue weighted by Crippen LogP contribution is 2.43. The van der Waals surface area contributed by atoms with E-state index in [2.05, 4.69) is 10.3 Å². The third-order valence-electron chi connectivity index (χ3n) is 6.28. The Hall–Kier alpha value is -2.94. The van der Waals surface area contributed by atoms with Crippen LogP contribution in [-0.4, -0.2) is 50.6 Å². The molecule has 3 aromatic rings. The minimum absolute atomic E-state index is 0.139. The average Bonchev–Trinajstić information content (AvgIpc) is 3.20. The highest BCUT2D eigenvalue weighted by Gasteiger charge is 2.35. The number of amides is 1. The summed E-state index contributed by atoms with van der Waals surface area (Å²) in [5, 5.41) is 3.18. The molecule has 0 radical (unpaired) electrons. The van der Waals surface area contributed by atoms with Crippen LogP contribution in [0.3, 0.4) is 0 Å². The molecule has 0 aliphatic carbocycles. The molecular weight excluding hydrogens is 446 g/mol.